The molecule has 1 aromatic carbocycles. The van der Waals surface area contributed by atoms with E-state index in [2.05, 4.69) is 5.32 Å². The molecule has 1 aromatic rings. The number of amides is 1. The van der Waals surface area contributed by atoms with Crippen molar-refractivity contribution < 1.29 is 19.1 Å². The summed E-state index contributed by atoms with van der Waals surface area (Å²) in [5.74, 6) is -0.413. The number of carbonyl (C=O) groups is 2. The topological polar surface area (TPSA) is 64.6 Å². The number of anilines is 1. The monoisotopic (exact) mass is 325 g/mol. The Bertz CT molecular complexity index is 497. The van der Waals surface area contributed by atoms with Crippen LogP contribution in [0.3, 0.4) is 0 Å². The molecule has 1 fully saturated rings. The Balaban J connectivity index is 1.57. The third-order valence-electron chi connectivity index (χ3n) is 3.37. The molecule has 0 spiro atoms. The molecule has 120 valence electrons. The van der Waals surface area contributed by atoms with Crippen LogP contribution >= 0.6 is 11.6 Å². The molecule has 1 N–H and O–H groups in total. The predicted molar refractivity (Wildman–Crippen MR) is 83.9 cm³/mol. The minimum atomic E-state index is -0.283. The highest BCUT2D eigenvalue weighted by molar-refractivity contribution is 6.30. The van der Waals surface area contributed by atoms with Crippen molar-refractivity contribution in [3.8, 4) is 0 Å². The van der Waals surface area contributed by atoms with Crippen LogP contribution in [0.15, 0.2) is 24.3 Å². The Kier molecular flexibility index (Phi) is 6.68. The molecular formula is C16H20ClNO4. The van der Waals surface area contributed by atoms with Gasteiger partial charge < -0.3 is 14.8 Å². The number of esters is 1. The molecule has 0 aromatic heterocycles. The van der Waals surface area contributed by atoms with Gasteiger partial charge in [0.2, 0.25) is 5.91 Å². The second-order valence-electron chi connectivity index (χ2n) is 5.23. The first-order valence-electron chi connectivity index (χ1n) is 7.46. The van der Waals surface area contributed by atoms with E-state index >= 15 is 0 Å². The van der Waals surface area contributed by atoms with Gasteiger partial charge in [-0.2, -0.15) is 0 Å². The van der Waals surface area contributed by atoms with Gasteiger partial charge in [-0.25, -0.2) is 0 Å². The van der Waals surface area contributed by atoms with Gasteiger partial charge in [0.05, 0.1) is 6.10 Å². The zero-order valence-electron chi connectivity index (χ0n) is 12.3. The van der Waals surface area contributed by atoms with Crippen molar-refractivity contribution in [2.45, 2.75) is 38.2 Å². The zero-order chi connectivity index (χ0) is 15.8. The van der Waals surface area contributed by atoms with Crippen LogP contribution < -0.4 is 5.32 Å². The van der Waals surface area contributed by atoms with Crippen molar-refractivity contribution >= 4 is 29.2 Å². The maximum absolute atomic E-state index is 11.7. The van der Waals surface area contributed by atoms with Gasteiger partial charge in [0.25, 0.3) is 0 Å². The van der Waals surface area contributed by atoms with E-state index in [1.165, 1.54) is 0 Å². The van der Waals surface area contributed by atoms with Crippen LogP contribution in [-0.4, -0.2) is 31.2 Å². The summed E-state index contributed by atoms with van der Waals surface area (Å²) in [6.45, 7) is 1.06. The first-order chi connectivity index (χ1) is 10.6. The molecule has 5 nitrogen and oxygen atoms in total. The van der Waals surface area contributed by atoms with Crippen molar-refractivity contribution in [1.29, 1.82) is 0 Å². The number of nitrogens with one attached hydrogen (secondary N) is 1. The van der Waals surface area contributed by atoms with E-state index in [0.717, 1.165) is 19.4 Å². The highest BCUT2D eigenvalue weighted by Crippen LogP contribution is 2.14. The maximum atomic E-state index is 11.7. The third kappa shape index (κ3) is 6.03. The van der Waals surface area contributed by atoms with Crippen LogP contribution in [0.5, 0.6) is 0 Å². The molecule has 1 saturated heterocycles. The predicted octanol–water partition coefficient (Wildman–Crippen LogP) is 3.17. The summed E-state index contributed by atoms with van der Waals surface area (Å²) in [6, 6.07) is 6.88. The highest BCUT2D eigenvalue weighted by atomic mass is 35.5. The summed E-state index contributed by atoms with van der Waals surface area (Å²) in [7, 11) is 0. The van der Waals surface area contributed by atoms with Crippen LogP contribution in [-0.2, 0) is 19.1 Å². The molecule has 0 bridgehead atoms. The van der Waals surface area contributed by atoms with Crippen LogP contribution in [0, 0.1) is 0 Å². The van der Waals surface area contributed by atoms with Gasteiger partial charge in [-0.05, 0) is 43.5 Å². The summed E-state index contributed by atoms with van der Waals surface area (Å²) in [6.07, 6.45) is 2.98. The fraction of sp³-hybridized carbons (Fsp3) is 0.500. The van der Waals surface area contributed by atoms with Crippen LogP contribution in [0.25, 0.3) is 0 Å². The van der Waals surface area contributed by atoms with Crippen molar-refractivity contribution in [3.05, 3.63) is 29.3 Å². The second-order valence-corrected chi connectivity index (χ2v) is 5.66. The van der Waals surface area contributed by atoms with Crippen LogP contribution in [0.4, 0.5) is 5.69 Å². The van der Waals surface area contributed by atoms with Crippen molar-refractivity contribution in [3.63, 3.8) is 0 Å². The van der Waals surface area contributed by atoms with Crippen molar-refractivity contribution in [1.82, 2.24) is 0 Å². The average Bonchev–Trinajstić information content (AvgIpc) is 3.01. The van der Waals surface area contributed by atoms with Gasteiger partial charge in [0.15, 0.2) is 0 Å². The van der Waals surface area contributed by atoms with E-state index in [4.69, 9.17) is 21.1 Å². The lowest BCUT2D eigenvalue weighted by molar-refractivity contribution is -0.147. The summed E-state index contributed by atoms with van der Waals surface area (Å²) in [5, 5.41) is 3.37. The molecule has 22 heavy (non-hydrogen) atoms. The number of ether oxygens (including phenoxy) is 2. The van der Waals surface area contributed by atoms with Crippen molar-refractivity contribution in [2.75, 3.05) is 18.5 Å². The number of hydrogen-bond donors (Lipinski definition) is 1. The Morgan fingerprint density at radius 1 is 1.27 bits per heavy atom. The largest absolute Gasteiger partial charge is 0.463 e. The Morgan fingerprint density at radius 3 is 2.73 bits per heavy atom. The number of halogens is 1. The van der Waals surface area contributed by atoms with Crippen LogP contribution in [0.1, 0.15) is 32.1 Å². The molecule has 1 aliphatic rings. The average molecular weight is 326 g/mol. The second kappa shape index (κ2) is 8.76. The summed E-state index contributed by atoms with van der Waals surface area (Å²) < 4.78 is 10.5. The molecule has 1 aliphatic heterocycles. The van der Waals surface area contributed by atoms with Crippen molar-refractivity contribution in [2.24, 2.45) is 0 Å². The number of rotatable bonds is 7. The Morgan fingerprint density at radius 2 is 2.05 bits per heavy atom. The lowest BCUT2D eigenvalue weighted by atomic mass is 10.2. The van der Waals surface area contributed by atoms with Gasteiger partial charge in [0.1, 0.15) is 6.61 Å². The number of carbonyl (C=O) groups excluding carboxylic acids is 2. The van der Waals surface area contributed by atoms with Gasteiger partial charge in [-0.3, -0.25) is 9.59 Å². The lowest BCUT2D eigenvalue weighted by Gasteiger charge is -2.10. The molecule has 1 amide bonds. The molecule has 1 heterocycles. The fourth-order valence-corrected chi connectivity index (χ4v) is 2.31. The summed E-state index contributed by atoms with van der Waals surface area (Å²) in [4.78, 5) is 23.3. The highest BCUT2D eigenvalue weighted by Gasteiger charge is 2.17. The number of benzene rings is 1. The molecular weight excluding hydrogens is 306 g/mol. The van der Waals surface area contributed by atoms with E-state index in [1.54, 1.807) is 24.3 Å². The minimum absolute atomic E-state index is 0.0390. The quantitative estimate of drug-likeness (QED) is 0.782. The van der Waals surface area contributed by atoms with Gasteiger partial charge in [0, 0.05) is 30.2 Å². The first kappa shape index (κ1) is 16.8. The molecule has 0 saturated carbocycles. The van der Waals surface area contributed by atoms with Gasteiger partial charge >= 0.3 is 5.97 Å². The maximum Gasteiger partial charge on any atom is 0.305 e. The lowest BCUT2D eigenvalue weighted by Crippen LogP contribution is -2.18. The standard InChI is InChI=1S/C16H20ClNO4/c17-12-6-8-13(9-7-12)18-15(19)4-1-5-16(20)22-11-14-3-2-10-21-14/h6-9,14H,1-5,10-11H2,(H,18,19)/t14-/m1/s1. The molecule has 6 heteroatoms. The Labute approximate surface area is 134 Å². The van der Waals surface area contributed by atoms with Crippen LogP contribution in [0.2, 0.25) is 5.02 Å². The fourth-order valence-electron chi connectivity index (χ4n) is 2.18. The molecule has 1 atom stereocenters. The minimum Gasteiger partial charge on any atom is -0.463 e. The molecule has 0 unspecified atom stereocenters. The molecule has 0 aliphatic carbocycles. The molecule has 2 rings (SSSR count). The third-order valence-corrected chi connectivity index (χ3v) is 3.62. The normalized spacial score (nSPS) is 17.2. The summed E-state index contributed by atoms with van der Waals surface area (Å²) >= 11 is 5.77. The Hall–Kier alpha value is -1.59. The summed E-state index contributed by atoms with van der Waals surface area (Å²) in [5.41, 5.74) is 0.690. The number of hydrogen-bond acceptors (Lipinski definition) is 4. The van der Waals surface area contributed by atoms with Gasteiger partial charge in [-0.15, -0.1) is 0 Å². The zero-order valence-corrected chi connectivity index (χ0v) is 13.1. The van der Waals surface area contributed by atoms with Gasteiger partial charge in [-0.1, -0.05) is 11.6 Å². The van der Waals surface area contributed by atoms with E-state index in [0.29, 0.717) is 23.7 Å². The van der Waals surface area contributed by atoms with E-state index in [-0.39, 0.29) is 30.8 Å². The smallest absolute Gasteiger partial charge is 0.305 e. The van der Waals surface area contributed by atoms with E-state index in [1.807, 2.05) is 0 Å². The first-order valence-corrected chi connectivity index (χ1v) is 7.84. The van der Waals surface area contributed by atoms with E-state index < -0.39 is 0 Å². The van der Waals surface area contributed by atoms with E-state index in [9.17, 15) is 9.59 Å². The molecule has 0 radical (unpaired) electrons. The SMILES string of the molecule is O=C(CCCC(=O)OC[C@H]1CCCO1)Nc1ccc(Cl)cc1.